The molecule has 5 rings (SSSR count). The summed E-state index contributed by atoms with van der Waals surface area (Å²) in [6.07, 6.45) is 6.56. The van der Waals surface area contributed by atoms with Gasteiger partial charge in [-0.05, 0) is 74.2 Å². The second-order valence-electron chi connectivity index (χ2n) is 11.5. The minimum atomic E-state index is -1.33. The highest BCUT2D eigenvalue weighted by Crippen LogP contribution is 2.46. The Morgan fingerprint density at radius 3 is 2.50 bits per heavy atom. The molecule has 1 fully saturated rings. The van der Waals surface area contributed by atoms with E-state index in [-0.39, 0.29) is 11.6 Å². The van der Waals surface area contributed by atoms with Crippen molar-refractivity contribution in [2.45, 2.75) is 51.2 Å². The van der Waals surface area contributed by atoms with Crippen LogP contribution in [0.2, 0.25) is 5.02 Å². The lowest BCUT2D eigenvalue weighted by atomic mass is 9.84. The zero-order chi connectivity index (χ0) is 27.2. The number of halogens is 1. The molecule has 3 heterocycles. The van der Waals surface area contributed by atoms with Crippen LogP contribution >= 0.6 is 11.6 Å². The van der Waals surface area contributed by atoms with Crippen LogP contribution in [0.25, 0.3) is 11.6 Å². The maximum atomic E-state index is 12.0. The molecular weight excluding hydrogens is 500 g/mol. The largest absolute Gasteiger partial charge is 0.379 e. The Morgan fingerprint density at radius 1 is 1.11 bits per heavy atom. The molecule has 0 radical (unpaired) electrons. The van der Waals surface area contributed by atoms with Crippen molar-refractivity contribution in [2.24, 2.45) is 7.05 Å². The quantitative estimate of drug-likeness (QED) is 0.429. The van der Waals surface area contributed by atoms with Crippen molar-refractivity contribution >= 4 is 23.3 Å². The maximum Gasteiger partial charge on any atom is 0.163 e. The highest BCUT2D eigenvalue weighted by Gasteiger charge is 2.39. The lowest BCUT2D eigenvalue weighted by Crippen LogP contribution is -2.58. The van der Waals surface area contributed by atoms with Gasteiger partial charge in [0.1, 0.15) is 5.60 Å². The lowest BCUT2D eigenvalue weighted by Gasteiger charge is -2.42. The summed E-state index contributed by atoms with van der Waals surface area (Å²) in [5, 5.41) is 26.6. The number of nitrogens with one attached hydrogen (secondary N) is 1. The third-order valence-corrected chi connectivity index (χ3v) is 7.73. The maximum absolute atomic E-state index is 12.0. The fourth-order valence-corrected chi connectivity index (χ4v) is 5.79. The normalized spacial score (nSPS) is 21.2. The molecule has 0 spiro atoms. The van der Waals surface area contributed by atoms with Crippen LogP contribution in [-0.2, 0) is 12.6 Å². The molecule has 0 saturated carbocycles. The number of fused-ring (bicyclic) bond motifs is 2. The number of aromatic nitrogens is 3. The fourth-order valence-electron chi connectivity index (χ4n) is 5.62. The molecule has 3 atom stereocenters. The molecule has 0 bridgehead atoms. The van der Waals surface area contributed by atoms with E-state index in [0.29, 0.717) is 23.8 Å². The molecule has 9 heteroatoms. The van der Waals surface area contributed by atoms with Crippen LogP contribution in [-0.4, -0.2) is 72.6 Å². The molecule has 0 amide bonds. The van der Waals surface area contributed by atoms with E-state index < -0.39 is 12.0 Å². The smallest absolute Gasteiger partial charge is 0.163 e. The van der Waals surface area contributed by atoms with E-state index >= 15 is 0 Å². The van der Waals surface area contributed by atoms with Crippen molar-refractivity contribution in [1.82, 2.24) is 29.7 Å². The summed E-state index contributed by atoms with van der Waals surface area (Å²) in [4.78, 5) is 13.6. The Bertz CT molecular complexity index is 1340. The van der Waals surface area contributed by atoms with Crippen LogP contribution in [0.15, 0.2) is 49.1 Å². The lowest BCUT2D eigenvalue weighted by molar-refractivity contribution is -0.0628. The number of aliphatic hydroxyl groups is 2. The first kappa shape index (κ1) is 27.0. The number of imidazole rings is 1. The monoisotopic (exact) mass is 536 g/mol. The topological polar surface area (TPSA) is 89.7 Å². The minimum absolute atomic E-state index is 0.135. The van der Waals surface area contributed by atoms with E-state index in [1.807, 2.05) is 62.9 Å². The molecule has 202 valence electrons. The molecule has 2 aromatic heterocycles. The molecule has 3 aromatic rings. The predicted molar refractivity (Wildman–Crippen MR) is 150 cm³/mol. The van der Waals surface area contributed by atoms with E-state index in [2.05, 4.69) is 32.2 Å². The molecule has 2 unspecified atom stereocenters. The van der Waals surface area contributed by atoms with Gasteiger partial charge in [0.05, 0.1) is 30.0 Å². The number of hydrogen-bond acceptors (Lipinski definition) is 7. The Kier molecular flexibility index (Phi) is 7.24. The van der Waals surface area contributed by atoms with E-state index in [1.165, 1.54) is 0 Å². The van der Waals surface area contributed by atoms with Crippen LogP contribution in [0.5, 0.6) is 0 Å². The van der Waals surface area contributed by atoms with Crippen molar-refractivity contribution in [3.05, 3.63) is 82.2 Å². The van der Waals surface area contributed by atoms with Crippen molar-refractivity contribution in [3.8, 4) is 0 Å². The van der Waals surface area contributed by atoms with Gasteiger partial charge < -0.3 is 14.8 Å². The number of aliphatic hydroxyl groups excluding tert-OH is 1. The predicted octanol–water partition coefficient (Wildman–Crippen LogP) is 3.60. The third-order valence-electron chi connectivity index (χ3n) is 7.49. The van der Waals surface area contributed by atoms with Gasteiger partial charge in [0.15, 0.2) is 6.35 Å². The van der Waals surface area contributed by atoms with Gasteiger partial charge in [0.25, 0.3) is 0 Å². The first-order valence-electron chi connectivity index (χ1n) is 13.1. The zero-order valence-electron chi connectivity index (χ0n) is 22.7. The number of benzene rings is 1. The standard InChI is InChI=1S/C29H37ClN6O2/c1-28(2,3)33-27(37)36-13-11-35(12-14-36)26-21-9-8-20(30)16-22(21)23(15-19-7-6-10-32-25(19)26)29(4,38)24-17-31-18-34(24)5/h6-10,15-18,26-27,33,37-38H,11-14H2,1-5H3/t26-,27?,29?/m0/s1. The molecule has 1 saturated heterocycles. The van der Waals surface area contributed by atoms with Gasteiger partial charge in [-0.25, -0.2) is 4.98 Å². The summed E-state index contributed by atoms with van der Waals surface area (Å²) >= 11 is 6.56. The van der Waals surface area contributed by atoms with E-state index in [0.717, 1.165) is 41.0 Å². The number of aryl methyl sites for hydroxylation is 1. The van der Waals surface area contributed by atoms with E-state index in [1.54, 1.807) is 19.4 Å². The molecule has 1 aliphatic carbocycles. The Balaban J connectivity index is 1.56. The van der Waals surface area contributed by atoms with Gasteiger partial charge in [0, 0.05) is 50.0 Å². The first-order valence-corrected chi connectivity index (χ1v) is 13.4. The number of pyridine rings is 1. The van der Waals surface area contributed by atoms with Crippen molar-refractivity contribution in [2.75, 3.05) is 26.2 Å². The van der Waals surface area contributed by atoms with Gasteiger partial charge >= 0.3 is 0 Å². The van der Waals surface area contributed by atoms with Crippen LogP contribution in [0.3, 0.4) is 0 Å². The number of hydrogen-bond donors (Lipinski definition) is 3. The zero-order valence-corrected chi connectivity index (χ0v) is 23.4. The Hall–Kier alpha value is -2.59. The summed E-state index contributed by atoms with van der Waals surface area (Å²) in [5.41, 5.74) is 3.75. The summed E-state index contributed by atoms with van der Waals surface area (Å²) < 4.78 is 1.84. The highest BCUT2D eigenvalue weighted by atomic mass is 35.5. The van der Waals surface area contributed by atoms with Crippen LogP contribution < -0.4 is 5.32 Å². The summed E-state index contributed by atoms with van der Waals surface area (Å²) in [5.74, 6) is 0. The fraction of sp³-hybridized carbons (Fsp3) is 0.448. The van der Waals surface area contributed by atoms with Gasteiger partial charge in [-0.1, -0.05) is 23.7 Å². The molecule has 3 N–H and O–H groups in total. The molecule has 2 aliphatic rings. The van der Waals surface area contributed by atoms with Crippen molar-refractivity contribution in [1.29, 1.82) is 0 Å². The van der Waals surface area contributed by atoms with Crippen LogP contribution in [0.1, 0.15) is 61.8 Å². The number of nitrogens with zero attached hydrogens (tertiary/aromatic N) is 5. The van der Waals surface area contributed by atoms with Gasteiger partial charge in [0.2, 0.25) is 0 Å². The summed E-state index contributed by atoms with van der Waals surface area (Å²) in [6.45, 7) is 10.9. The molecule has 8 nitrogen and oxygen atoms in total. The van der Waals surface area contributed by atoms with Gasteiger partial charge in [-0.2, -0.15) is 0 Å². The number of rotatable bonds is 5. The SMILES string of the molecule is Cn1cncc1C(C)(O)C1=Cc2cccnc2[C@@H](N2CCN(C(O)NC(C)(C)C)CC2)c2ccc(Cl)cc21. The van der Waals surface area contributed by atoms with E-state index in [4.69, 9.17) is 16.6 Å². The van der Waals surface area contributed by atoms with Gasteiger partial charge in [-0.3, -0.25) is 20.1 Å². The molecule has 1 aromatic carbocycles. The average molecular weight is 537 g/mol. The minimum Gasteiger partial charge on any atom is -0.379 e. The molecule has 1 aliphatic heterocycles. The third kappa shape index (κ3) is 5.17. The summed E-state index contributed by atoms with van der Waals surface area (Å²) in [6, 6.07) is 9.75. The van der Waals surface area contributed by atoms with Crippen LogP contribution in [0.4, 0.5) is 0 Å². The average Bonchev–Trinajstić information content (AvgIpc) is 3.24. The molecule has 38 heavy (non-hydrogen) atoms. The second-order valence-corrected chi connectivity index (χ2v) is 11.9. The molecular formula is C29H37ClN6O2. The number of piperazine rings is 1. The van der Waals surface area contributed by atoms with Gasteiger partial charge in [-0.15, -0.1) is 0 Å². The first-order chi connectivity index (χ1) is 18.0. The Labute approximate surface area is 229 Å². The Morgan fingerprint density at radius 2 is 1.84 bits per heavy atom. The highest BCUT2D eigenvalue weighted by molar-refractivity contribution is 6.30. The van der Waals surface area contributed by atoms with Crippen molar-refractivity contribution < 1.29 is 10.2 Å². The van der Waals surface area contributed by atoms with Crippen LogP contribution in [0, 0.1) is 0 Å². The van der Waals surface area contributed by atoms with E-state index in [9.17, 15) is 10.2 Å². The van der Waals surface area contributed by atoms with Crippen molar-refractivity contribution in [3.63, 3.8) is 0 Å². The summed E-state index contributed by atoms with van der Waals surface area (Å²) in [7, 11) is 1.88. The second kappa shape index (κ2) is 10.2.